The van der Waals surface area contributed by atoms with Gasteiger partial charge in [0.1, 0.15) is 0 Å². The lowest BCUT2D eigenvalue weighted by Crippen LogP contribution is -2.51. The van der Waals surface area contributed by atoms with Crippen molar-refractivity contribution in [3.05, 3.63) is 0 Å². The molecule has 1 saturated carbocycles. The Morgan fingerprint density at radius 3 is 2.71 bits per heavy atom. The highest BCUT2D eigenvalue weighted by Gasteiger charge is 2.35. The third-order valence-electron chi connectivity index (χ3n) is 5.31. The average Bonchev–Trinajstić information content (AvgIpc) is 3.25. The maximum atomic E-state index is 12.5. The normalized spacial score (nSPS) is 28.2. The van der Waals surface area contributed by atoms with Gasteiger partial charge in [-0.15, -0.1) is 0 Å². The second kappa shape index (κ2) is 7.07. The Hall–Kier alpha value is -0.650. The Bertz CT molecular complexity index is 352. The summed E-state index contributed by atoms with van der Waals surface area (Å²) in [5.74, 6) is 0.259. The number of hydrogen-bond donors (Lipinski definition) is 2. The molecule has 0 aromatic heterocycles. The van der Waals surface area contributed by atoms with Crippen LogP contribution in [0.1, 0.15) is 38.5 Å². The predicted octanol–water partition coefficient (Wildman–Crippen LogP) is 0.413. The van der Waals surface area contributed by atoms with Crippen molar-refractivity contribution in [1.82, 2.24) is 20.4 Å². The van der Waals surface area contributed by atoms with Gasteiger partial charge in [0.05, 0.1) is 6.04 Å². The van der Waals surface area contributed by atoms with Gasteiger partial charge in [0, 0.05) is 25.2 Å². The van der Waals surface area contributed by atoms with E-state index < -0.39 is 0 Å². The van der Waals surface area contributed by atoms with Crippen LogP contribution < -0.4 is 10.6 Å². The van der Waals surface area contributed by atoms with Crippen molar-refractivity contribution >= 4 is 5.91 Å². The molecule has 2 saturated heterocycles. The quantitative estimate of drug-likeness (QED) is 0.745. The molecule has 1 aliphatic carbocycles. The second-order valence-corrected chi connectivity index (χ2v) is 6.88. The molecule has 0 radical (unpaired) electrons. The molecule has 0 spiro atoms. The van der Waals surface area contributed by atoms with Crippen LogP contribution in [0.15, 0.2) is 0 Å². The zero-order valence-corrected chi connectivity index (χ0v) is 13.3. The van der Waals surface area contributed by atoms with E-state index in [-0.39, 0.29) is 11.9 Å². The molecular weight excluding hydrogens is 264 g/mol. The predicted molar refractivity (Wildman–Crippen MR) is 84.3 cm³/mol. The molecule has 0 aromatic rings. The van der Waals surface area contributed by atoms with Crippen molar-refractivity contribution in [2.45, 2.75) is 56.7 Å². The van der Waals surface area contributed by atoms with E-state index >= 15 is 0 Å². The molecule has 0 bridgehead atoms. The largest absolute Gasteiger partial charge is 0.353 e. The number of likely N-dealkylation sites (tertiary alicyclic amines) is 1. The van der Waals surface area contributed by atoms with Gasteiger partial charge in [-0.25, -0.2) is 0 Å². The third-order valence-corrected chi connectivity index (χ3v) is 5.31. The zero-order valence-electron chi connectivity index (χ0n) is 13.3. The van der Waals surface area contributed by atoms with Gasteiger partial charge in [-0.1, -0.05) is 0 Å². The molecule has 3 aliphatic rings. The van der Waals surface area contributed by atoms with Crippen molar-refractivity contribution in [2.75, 3.05) is 39.8 Å². The number of nitrogens with zero attached hydrogens (tertiary/aromatic N) is 2. The molecule has 21 heavy (non-hydrogen) atoms. The van der Waals surface area contributed by atoms with Gasteiger partial charge >= 0.3 is 0 Å². The van der Waals surface area contributed by atoms with Gasteiger partial charge in [0.15, 0.2) is 0 Å². The Labute approximate surface area is 128 Å². The van der Waals surface area contributed by atoms with Gasteiger partial charge < -0.3 is 15.5 Å². The fourth-order valence-electron chi connectivity index (χ4n) is 3.82. The molecule has 5 heteroatoms. The number of hydrogen-bond acceptors (Lipinski definition) is 4. The molecular formula is C16H30N4O. The minimum atomic E-state index is 0.124. The molecule has 120 valence electrons. The Kier molecular flexibility index (Phi) is 5.14. The third kappa shape index (κ3) is 3.96. The average molecular weight is 294 g/mol. The number of piperidine rings is 1. The highest BCUT2D eigenvalue weighted by atomic mass is 16.2. The minimum Gasteiger partial charge on any atom is -0.353 e. The van der Waals surface area contributed by atoms with Crippen molar-refractivity contribution in [1.29, 1.82) is 0 Å². The second-order valence-electron chi connectivity index (χ2n) is 6.88. The van der Waals surface area contributed by atoms with Crippen LogP contribution in [0, 0.1) is 0 Å². The lowest BCUT2D eigenvalue weighted by Gasteiger charge is -2.35. The number of carbonyl (C=O) groups is 1. The first-order valence-corrected chi connectivity index (χ1v) is 8.70. The number of carbonyl (C=O) groups excluding carboxylic acids is 1. The molecule has 2 heterocycles. The molecule has 2 aliphatic heterocycles. The van der Waals surface area contributed by atoms with Gasteiger partial charge in [-0.3, -0.25) is 9.69 Å². The van der Waals surface area contributed by atoms with Crippen LogP contribution in [0.25, 0.3) is 0 Å². The van der Waals surface area contributed by atoms with Crippen molar-refractivity contribution in [3.63, 3.8) is 0 Å². The summed E-state index contributed by atoms with van der Waals surface area (Å²) in [5, 5.41) is 6.58. The van der Waals surface area contributed by atoms with Crippen LogP contribution in [0.5, 0.6) is 0 Å². The molecule has 2 N–H and O–H groups in total. The Morgan fingerprint density at radius 1 is 1.24 bits per heavy atom. The summed E-state index contributed by atoms with van der Waals surface area (Å²) in [4.78, 5) is 17.3. The highest BCUT2D eigenvalue weighted by molar-refractivity contribution is 5.82. The number of rotatable bonds is 6. The van der Waals surface area contributed by atoms with E-state index in [4.69, 9.17) is 0 Å². The number of amides is 1. The molecule has 3 fully saturated rings. The van der Waals surface area contributed by atoms with Gasteiger partial charge in [-0.2, -0.15) is 0 Å². The topological polar surface area (TPSA) is 47.6 Å². The van der Waals surface area contributed by atoms with Gasteiger partial charge in [0.2, 0.25) is 5.91 Å². The van der Waals surface area contributed by atoms with E-state index in [2.05, 4.69) is 27.5 Å². The van der Waals surface area contributed by atoms with Gasteiger partial charge in [0.25, 0.3) is 0 Å². The van der Waals surface area contributed by atoms with Crippen LogP contribution in [-0.2, 0) is 4.79 Å². The SMILES string of the molecule is CN(CCNC(=O)C1CCCN1C1CCNCC1)C1CC1. The summed E-state index contributed by atoms with van der Waals surface area (Å²) in [6, 6.07) is 1.51. The van der Waals surface area contributed by atoms with Crippen molar-refractivity contribution in [3.8, 4) is 0 Å². The zero-order chi connectivity index (χ0) is 14.7. The minimum absolute atomic E-state index is 0.124. The van der Waals surface area contributed by atoms with E-state index in [0.717, 1.165) is 45.2 Å². The fraction of sp³-hybridized carbons (Fsp3) is 0.938. The standard InChI is InChI=1S/C16H30N4O/c1-19(13-4-5-13)12-10-18-16(21)15-3-2-11-20(15)14-6-8-17-9-7-14/h13-15,17H,2-12H2,1H3,(H,18,21). The summed E-state index contributed by atoms with van der Waals surface area (Å²) in [5.41, 5.74) is 0. The maximum Gasteiger partial charge on any atom is 0.237 e. The first-order valence-electron chi connectivity index (χ1n) is 8.70. The van der Waals surface area contributed by atoms with Crippen LogP contribution in [0.3, 0.4) is 0 Å². The lowest BCUT2D eigenvalue weighted by molar-refractivity contribution is -0.126. The molecule has 1 unspecified atom stereocenters. The van der Waals surface area contributed by atoms with Crippen LogP contribution in [0.2, 0.25) is 0 Å². The molecule has 0 aromatic carbocycles. The summed E-state index contributed by atoms with van der Waals surface area (Å²) >= 11 is 0. The molecule has 3 rings (SSSR count). The lowest BCUT2D eigenvalue weighted by atomic mass is 10.0. The molecule has 1 atom stereocenters. The van der Waals surface area contributed by atoms with E-state index in [1.807, 2.05) is 0 Å². The summed E-state index contributed by atoms with van der Waals surface area (Å²) in [6.07, 6.45) is 7.24. The van der Waals surface area contributed by atoms with E-state index in [1.54, 1.807) is 0 Å². The van der Waals surface area contributed by atoms with Crippen molar-refractivity contribution < 1.29 is 4.79 Å². The van der Waals surface area contributed by atoms with Crippen molar-refractivity contribution in [2.24, 2.45) is 0 Å². The molecule has 5 nitrogen and oxygen atoms in total. The van der Waals surface area contributed by atoms with Crippen LogP contribution in [-0.4, -0.2) is 73.6 Å². The van der Waals surface area contributed by atoms with Crippen LogP contribution >= 0.6 is 0 Å². The first-order chi connectivity index (χ1) is 10.3. The summed E-state index contributed by atoms with van der Waals surface area (Å²) < 4.78 is 0. The first kappa shape index (κ1) is 15.3. The van der Waals surface area contributed by atoms with Crippen LogP contribution in [0.4, 0.5) is 0 Å². The maximum absolute atomic E-state index is 12.5. The monoisotopic (exact) mass is 294 g/mol. The number of nitrogens with one attached hydrogen (secondary N) is 2. The fourth-order valence-corrected chi connectivity index (χ4v) is 3.82. The van der Waals surface area contributed by atoms with E-state index in [9.17, 15) is 4.79 Å². The van der Waals surface area contributed by atoms with E-state index in [0.29, 0.717) is 6.04 Å². The van der Waals surface area contributed by atoms with Gasteiger partial charge in [-0.05, 0) is 65.2 Å². The smallest absolute Gasteiger partial charge is 0.237 e. The number of likely N-dealkylation sites (N-methyl/N-ethyl adjacent to an activating group) is 1. The Morgan fingerprint density at radius 2 is 2.00 bits per heavy atom. The summed E-state index contributed by atoms with van der Waals surface area (Å²) in [7, 11) is 2.17. The Balaban J connectivity index is 1.43. The summed E-state index contributed by atoms with van der Waals surface area (Å²) in [6.45, 7) is 5.08. The van der Waals surface area contributed by atoms with E-state index in [1.165, 1.54) is 32.1 Å². The highest BCUT2D eigenvalue weighted by Crippen LogP contribution is 2.25. The molecule has 1 amide bonds.